The smallest absolute Gasteiger partial charge is 0.353 e. The number of carbonyl (C=O) groups is 3. The molecule has 1 aromatic carbocycles. The maximum absolute atomic E-state index is 12.2. The van der Waals surface area contributed by atoms with Crippen LogP contribution < -0.4 is 5.32 Å². The van der Waals surface area contributed by atoms with Gasteiger partial charge >= 0.3 is 5.97 Å². The highest BCUT2D eigenvalue weighted by Crippen LogP contribution is 2.41. The van der Waals surface area contributed by atoms with Gasteiger partial charge in [-0.1, -0.05) is 30.3 Å². The van der Waals surface area contributed by atoms with Crippen molar-refractivity contribution in [3.8, 4) is 0 Å². The van der Waals surface area contributed by atoms with Crippen LogP contribution in [-0.4, -0.2) is 45.0 Å². The summed E-state index contributed by atoms with van der Waals surface area (Å²) in [5.74, 6) is -1.44. The number of carboxylic acids is 1. The number of aliphatic carboxylic acids is 1. The predicted octanol–water partition coefficient (Wildman–Crippen LogP) is 0.855. The SMILES string of the molecule is O=C(Cc1ccccc1)N[C@@H]1C(=O)N2C(C(=O)O)=C(S)CS[C@H]12. The van der Waals surface area contributed by atoms with Crippen LogP contribution in [-0.2, 0) is 20.8 Å². The molecule has 0 saturated carbocycles. The number of β-lactam (4-membered cyclic amide) rings is 1. The predicted molar refractivity (Wildman–Crippen MR) is 88.8 cm³/mol. The van der Waals surface area contributed by atoms with Gasteiger partial charge in [0.05, 0.1) is 6.42 Å². The number of rotatable bonds is 4. The molecule has 23 heavy (non-hydrogen) atoms. The summed E-state index contributed by atoms with van der Waals surface area (Å²) in [4.78, 5) is 37.1. The second-order valence-corrected chi connectivity index (χ2v) is 6.86. The maximum Gasteiger partial charge on any atom is 0.353 e. The normalized spacial score (nSPS) is 23.2. The fourth-order valence-electron chi connectivity index (χ4n) is 2.61. The molecule has 0 radical (unpaired) electrons. The summed E-state index contributed by atoms with van der Waals surface area (Å²) >= 11 is 5.53. The standard InChI is InChI=1S/C15H14N2O4S2/c18-10(6-8-4-2-1-3-5-8)16-11-13(19)17-12(15(20)21)9(22)7-23-14(11)17/h1-5,11,14,22H,6-7H2,(H,16,18)(H,20,21)/t11-,14-/m1/s1. The zero-order valence-electron chi connectivity index (χ0n) is 11.9. The molecular formula is C15H14N2O4S2. The van der Waals surface area contributed by atoms with E-state index >= 15 is 0 Å². The number of nitrogens with one attached hydrogen (secondary N) is 1. The summed E-state index contributed by atoms with van der Waals surface area (Å²) in [6.07, 6.45) is 0.182. The second kappa shape index (κ2) is 6.29. The zero-order chi connectivity index (χ0) is 16.6. The number of amides is 2. The monoisotopic (exact) mass is 350 g/mol. The van der Waals surface area contributed by atoms with Crippen molar-refractivity contribution in [1.29, 1.82) is 0 Å². The first kappa shape index (κ1) is 15.9. The molecule has 8 heteroatoms. The van der Waals surface area contributed by atoms with Crippen molar-refractivity contribution in [1.82, 2.24) is 10.2 Å². The van der Waals surface area contributed by atoms with Gasteiger partial charge in [0.25, 0.3) is 5.91 Å². The van der Waals surface area contributed by atoms with Crippen molar-refractivity contribution in [2.45, 2.75) is 17.8 Å². The van der Waals surface area contributed by atoms with Gasteiger partial charge in [-0.3, -0.25) is 14.5 Å². The molecule has 2 heterocycles. The lowest BCUT2D eigenvalue weighted by Gasteiger charge is -2.49. The molecule has 2 aliphatic heterocycles. The number of carbonyl (C=O) groups excluding carboxylic acids is 2. The molecule has 2 amide bonds. The summed E-state index contributed by atoms with van der Waals surface area (Å²) < 4.78 is 0. The first-order valence-electron chi connectivity index (χ1n) is 6.92. The molecule has 6 nitrogen and oxygen atoms in total. The molecule has 2 aliphatic rings. The fraction of sp³-hybridized carbons (Fsp3) is 0.267. The average Bonchev–Trinajstić information content (AvgIpc) is 2.53. The molecule has 0 aliphatic carbocycles. The lowest BCUT2D eigenvalue weighted by molar-refractivity contribution is -0.150. The van der Waals surface area contributed by atoms with E-state index in [1.807, 2.05) is 30.3 Å². The number of thiol groups is 1. The lowest BCUT2D eigenvalue weighted by Crippen LogP contribution is -2.70. The Morgan fingerprint density at radius 1 is 1.35 bits per heavy atom. The number of hydrogen-bond donors (Lipinski definition) is 3. The zero-order valence-corrected chi connectivity index (χ0v) is 13.6. The van der Waals surface area contributed by atoms with Crippen LogP contribution in [0.25, 0.3) is 0 Å². The van der Waals surface area contributed by atoms with Crippen molar-refractivity contribution >= 4 is 42.2 Å². The summed E-state index contributed by atoms with van der Waals surface area (Å²) in [6, 6.07) is 8.53. The van der Waals surface area contributed by atoms with E-state index < -0.39 is 17.9 Å². The number of thioether (sulfide) groups is 1. The van der Waals surface area contributed by atoms with E-state index in [2.05, 4.69) is 17.9 Å². The van der Waals surface area contributed by atoms with E-state index in [1.54, 1.807) is 0 Å². The van der Waals surface area contributed by atoms with Gasteiger partial charge in [-0.2, -0.15) is 0 Å². The van der Waals surface area contributed by atoms with E-state index in [0.717, 1.165) is 5.56 Å². The van der Waals surface area contributed by atoms with Gasteiger partial charge in [-0.05, 0) is 5.56 Å². The van der Waals surface area contributed by atoms with Crippen LogP contribution in [0.2, 0.25) is 0 Å². The highest BCUT2D eigenvalue weighted by molar-refractivity contribution is 8.01. The van der Waals surface area contributed by atoms with Crippen LogP contribution in [0.15, 0.2) is 40.9 Å². The number of hydrogen-bond acceptors (Lipinski definition) is 5. The van der Waals surface area contributed by atoms with E-state index in [1.165, 1.54) is 16.7 Å². The highest BCUT2D eigenvalue weighted by Gasteiger charge is 2.53. The van der Waals surface area contributed by atoms with Crippen molar-refractivity contribution in [2.75, 3.05) is 5.75 Å². The van der Waals surface area contributed by atoms with Crippen LogP contribution in [0.3, 0.4) is 0 Å². The lowest BCUT2D eigenvalue weighted by atomic mass is 10.0. The maximum atomic E-state index is 12.2. The molecule has 0 aromatic heterocycles. The average molecular weight is 350 g/mol. The van der Waals surface area contributed by atoms with E-state index in [9.17, 15) is 19.5 Å². The van der Waals surface area contributed by atoms with Crippen molar-refractivity contribution in [3.63, 3.8) is 0 Å². The largest absolute Gasteiger partial charge is 0.477 e. The molecule has 1 aromatic rings. The number of nitrogens with zero attached hydrogens (tertiary/aromatic N) is 1. The van der Waals surface area contributed by atoms with Gasteiger partial charge in [0, 0.05) is 10.7 Å². The second-order valence-electron chi connectivity index (χ2n) is 5.22. The van der Waals surface area contributed by atoms with Gasteiger partial charge in [-0.15, -0.1) is 24.4 Å². The minimum absolute atomic E-state index is 0.0874. The third kappa shape index (κ3) is 2.96. The third-order valence-corrected chi connectivity index (χ3v) is 5.54. The van der Waals surface area contributed by atoms with Crippen LogP contribution >= 0.6 is 24.4 Å². The van der Waals surface area contributed by atoms with Gasteiger partial charge in [0.15, 0.2) is 0 Å². The van der Waals surface area contributed by atoms with Crippen LogP contribution in [0.1, 0.15) is 5.56 Å². The Morgan fingerprint density at radius 3 is 2.70 bits per heavy atom. The summed E-state index contributed by atoms with van der Waals surface area (Å²) in [5, 5.41) is 11.5. The molecule has 2 atom stereocenters. The first-order valence-corrected chi connectivity index (χ1v) is 8.42. The minimum atomic E-state index is -1.18. The third-order valence-electron chi connectivity index (χ3n) is 3.67. The topological polar surface area (TPSA) is 86.7 Å². The van der Waals surface area contributed by atoms with Crippen molar-refractivity contribution in [3.05, 3.63) is 46.5 Å². The quantitative estimate of drug-likeness (QED) is 0.554. The molecule has 1 fully saturated rings. The fourth-order valence-corrected chi connectivity index (χ4v) is 4.24. The van der Waals surface area contributed by atoms with Crippen LogP contribution in [0, 0.1) is 0 Å². The van der Waals surface area contributed by atoms with E-state index in [0.29, 0.717) is 10.7 Å². The van der Waals surface area contributed by atoms with E-state index in [4.69, 9.17) is 0 Å². The Bertz CT molecular complexity index is 705. The molecule has 3 rings (SSSR count). The highest BCUT2D eigenvalue weighted by atomic mass is 32.2. The Hall–Kier alpha value is -1.93. The summed E-state index contributed by atoms with van der Waals surface area (Å²) in [6.45, 7) is 0. The Balaban J connectivity index is 1.67. The van der Waals surface area contributed by atoms with Crippen molar-refractivity contribution < 1.29 is 19.5 Å². The summed E-state index contributed by atoms with van der Waals surface area (Å²) in [5.41, 5.74) is 0.768. The van der Waals surface area contributed by atoms with Gasteiger partial charge in [0.2, 0.25) is 5.91 Å². The molecule has 0 unspecified atom stereocenters. The molecular weight excluding hydrogens is 336 g/mol. The molecule has 0 bridgehead atoms. The number of carboxylic acid groups (broad SMARTS) is 1. The van der Waals surface area contributed by atoms with Crippen LogP contribution in [0.5, 0.6) is 0 Å². The minimum Gasteiger partial charge on any atom is -0.477 e. The van der Waals surface area contributed by atoms with Gasteiger partial charge in [0.1, 0.15) is 17.1 Å². The Kier molecular flexibility index (Phi) is 4.36. The van der Waals surface area contributed by atoms with E-state index in [-0.39, 0.29) is 23.4 Å². The first-order chi connectivity index (χ1) is 11.0. The molecule has 2 N–H and O–H groups in total. The number of benzene rings is 1. The Morgan fingerprint density at radius 2 is 2.04 bits per heavy atom. The van der Waals surface area contributed by atoms with Crippen molar-refractivity contribution in [2.24, 2.45) is 0 Å². The molecule has 0 spiro atoms. The van der Waals surface area contributed by atoms with Crippen LogP contribution in [0.4, 0.5) is 0 Å². The Labute approximate surface area is 142 Å². The number of fused-ring (bicyclic) bond motifs is 1. The molecule has 120 valence electrons. The van der Waals surface area contributed by atoms with Gasteiger partial charge < -0.3 is 10.4 Å². The molecule has 1 saturated heterocycles. The summed E-state index contributed by atoms with van der Waals surface area (Å²) in [7, 11) is 0. The van der Waals surface area contributed by atoms with Gasteiger partial charge in [-0.25, -0.2) is 4.79 Å².